The number of amides is 2. The first kappa shape index (κ1) is 19.0. The molecule has 3 N–H and O–H groups in total. The van der Waals surface area contributed by atoms with Gasteiger partial charge < -0.3 is 15.5 Å². The molecule has 0 spiro atoms. The third kappa shape index (κ3) is 4.70. The Morgan fingerprint density at radius 2 is 1.85 bits per heavy atom. The number of likely N-dealkylation sites (N-methyl/N-ethyl adjacent to an activating group) is 1. The van der Waals surface area contributed by atoms with E-state index in [1.165, 1.54) is 40.5 Å². The van der Waals surface area contributed by atoms with Crippen molar-refractivity contribution in [1.82, 2.24) is 0 Å². The summed E-state index contributed by atoms with van der Waals surface area (Å²) < 4.78 is 12.9. The van der Waals surface area contributed by atoms with Gasteiger partial charge in [-0.2, -0.15) is 5.26 Å². The molecule has 3 rings (SSSR count). The molecule has 6 nitrogen and oxygen atoms in total. The summed E-state index contributed by atoms with van der Waals surface area (Å²) in [6, 6.07) is 7.70. The molecule has 0 saturated heterocycles. The van der Waals surface area contributed by atoms with Crippen LogP contribution in [0.25, 0.3) is 0 Å². The maximum atomic E-state index is 12.9. The summed E-state index contributed by atoms with van der Waals surface area (Å²) in [4.78, 5) is 26.2. The van der Waals surface area contributed by atoms with Crippen LogP contribution in [0.5, 0.6) is 0 Å². The molecule has 0 bridgehead atoms. The van der Waals surface area contributed by atoms with Crippen LogP contribution in [0, 0.1) is 17.1 Å². The van der Waals surface area contributed by atoms with Crippen molar-refractivity contribution in [2.75, 3.05) is 30.8 Å². The van der Waals surface area contributed by atoms with Crippen molar-refractivity contribution in [2.45, 2.75) is 19.3 Å². The fourth-order valence-electron chi connectivity index (χ4n) is 3.13. The van der Waals surface area contributed by atoms with Gasteiger partial charge in [0.25, 0.3) is 11.8 Å². The van der Waals surface area contributed by atoms with Crippen molar-refractivity contribution in [3.8, 4) is 6.07 Å². The highest BCUT2D eigenvalue weighted by molar-refractivity contribution is 7.16. The van der Waals surface area contributed by atoms with Gasteiger partial charge in [-0.25, -0.2) is 4.39 Å². The van der Waals surface area contributed by atoms with E-state index in [1.807, 2.05) is 0 Å². The van der Waals surface area contributed by atoms with Crippen molar-refractivity contribution in [2.24, 2.45) is 0 Å². The zero-order valence-electron chi connectivity index (χ0n) is 14.9. The maximum Gasteiger partial charge on any atom is 0.280 e. The minimum absolute atomic E-state index is 0.0941. The van der Waals surface area contributed by atoms with Gasteiger partial charge in [0.15, 0.2) is 13.1 Å². The highest BCUT2D eigenvalue weighted by Crippen LogP contribution is 2.38. The van der Waals surface area contributed by atoms with E-state index in [-0.39, 0.29) is 30.7 Å². The van der Waals surface area contributed by atoms with Crippen LogP contribution in [0.15, 0.2) is 24.3 Å². The lowest BCUT2D eigenvalue weighted by Gasteiger charge is -2.13. The lowest BCUT2D eigenvalue weighted by atomic mass is 10.1. The van der Waals surface area contributed by atoms with Gasteiger partial charge >= 0.3 is 0 Å². The minimum Gasteiger partial charge on any atom is -0.322 e. The molecule has 1 unspecified atom stereocenters. The van der Waals surface area contributed by atoms with Crippen molar-refractivity contribution in [1.29, 1.82) is 5.26 Å². The first-order valence-corrected chi connectivity index (χ1v) is 9.49. The summed E-state index contributed by atoms with van der Waals surface area (Å²) in [7, 11) is 1.74. The molecule has 2 amide bonds. The normalized spacial score (nSPS) is 13.5. The Kier molecular flexibility index (Phi) is 5.84. The number of hydrogen-bond acceptors (Lipinski definition) is 4. The predicted molar refractivity (Wildman–Crippen MR) is 101 cm³/mol. The zero-order chi connectivity index (χ0) is 19.4. The van der Waals surface area contributed by atoms with E-state index >= 15 is 0 Å². The second-order valence-corrected chi connectivity index (χ2v) is 7.69. The molecule has 8 heteroatoms. The van der Waals surface area contributed by atoms with Crippen molar-refractivity contribution >= 4 is 33.8 Å². The molecule has 0 fully saturated rings. The van der Waals surface area contributed by atoms with Crippen molar-refractivity contribution in [3.05, 3.63) is 46.1 Å². The standard InChI is InChI=1S/C19H19FN4O2S/c1-24(10-17(25)22-13-7-5-12(20)6-8-13)11-18(26)23-19-15(9-21)14-3-2-4-16(14)27-19/h5-8H,2-4,10-11H2,1H3,(H,22,25)(H,23,26)/p+1. The summed E-state index contributed by atoms with van der Waals surface area (Å²) in [5.74, 6) is -0.873. The number of nitrogens with zero attached hydrogens (tertiary/aromatic N) is 1. The predicted octanol–water partition coefficient (Wildman–Crippen LogP) is 1.34. The summed E-state index contributed by atoms with van der Waals surface area (Å²) in [5.41, 5.74) is 2.15. The van der Waals surface area contributed by atoms with E-state index in [4.69, 9.17) is 0 Å². The second-order valence-electron chi connectivity index (χ2n) is 6.59. The Balaban J connectivity index is 1.51. The average molecular weight is 387 g/mol. The molecule has 2 aromatic rings. The lowest BCUT2D eigenvalue weighted by Crippen LogP contribution is -3.11. The molecular formula is C19H20FN4O2S+. The van der Waals surface area contributed by atoms with Crippen LogP contribution in [0.3, 0.4) is 0 Å². The van der Waals surface area contributed by atoms with Gasteiger partial charge in [-0.3, -0.25) is 9.59 Å². The molecule has 1 aromatic carbocycles. The number of nitrogens with one attached hydrogen (secondary N) is 3. The van der Waals surface area contributed by atoms with Gasteiger partial charge in [-0.1, -0.05) is 0 Å². The monoisotopic (exact) mass is 387 g/mol. The third-order valence-corrected chi connectivity index (χ3v) is 5.55. The maximum absolute atomic E-state index is 12.9. The smallest absolute Gasteiger partial charge is 0.280 e. The molecule has 1 heterocycles. The van der Waals surface area contributed by atoms with Crippen molar-refractivity contribution < 1.29 is 18.9 Å². The molecule has 1 aliphatic carbocycles. The van der Waals surface area contributed by atoms with Crippen LogP contribution in [-0.2, 0) is 22.4 Å². The first-order valence-electron chi connectivity index (χ1n) is 8.67. The number of fused-ring (bicyclic) bond motifs is 1. The fourth-order valence-corrected chi connectivity index (χ4v) is 4.39. The number of aryl methyl sites for hydroxylation is 1. The molecule has 1 atom stereocenters. The van der Waals surface area contributed by atoms with Gasteiger partial charge in [0.2, 0.25) is 0 Å². The highest BCUT2D eigenvalue weighted by Gasteiger charge is 2.24. The number of nitriles is 1. The fraction of sp³-hybridized carbons (Fsp3) is 0.316. The summed E-state index contributed by atoms with van der Waals surface area (Å²) in [5, 5.41) is 15.5. The van der Waals surface area contributed by atoms with Crippen LogP contribution < -0.4 is 15.5 Å². The van der Waals surface area contributed by atoms with Gasteiger partial charge in [-0.15, -0.1) is 11.3 Å². The Bertz CT molecular complexity index is 902. The number of carbonyl (C=O) groups excluding carboxylic acids is 2. The van der Waals surface area contributed by atoms with Gasteiger partial charge in [0, 0.05) is 10.6 Å². The molecule has 1 aromatic heterocycles. The average Bonchev–Trinajstić information content (AvgIpc) is 3.17. The minimum atomic E-state index is -0.372. The number of thiophene rings is 1. The Labute approximate surface area is 160 Å². The van der Waals surface area contributed by atoms with Crippen molar-refractivity contribution in [3.63, 3.8) is 0 Å². The topological polar surface area (TPSA) is 86.4 Å². The van der Waals surface area contributed by atoms with Gasteiger partial charge in [-0.05, 0) is 49.1 Å². The molecule has 0 radical (unpaired) electrons. The van der Waals surface area contributed by atoms with E-state index in [9.17, 15) is 19.2 Å². The molecule has 0 saturated carbocycles. The van der Waals surface area contributed by atoms with E-state index in [1.54, 1.807) is 7.05 Å². The number of rotatable bonds is 6. The van der Waals surface area contributed by atoms with Gasteiger partial charge in [0.1, 0.15) is 16.9 Å². The molecule has 1 aliphatic rings. The quantitative estimate of drug-likeness (QED) is 0.699. The number of anilines is 2. The van der Waals surface area contributed by atoms with Crippen LogP contribution in [0.4, 0.5) is 15.1 Å². The van der Waals surface area contributed by atoms with Crippen LogP contribution in [0.2, 0.25) is 0 Å². The largest absolute Gasteiger partial charge is 0.322 e. The van der Waals surface area contributed by atoms with Crippen LogP contribution in [0.1, 0.15) is 22.4 Å². The Hall–Kier alpha value is -2.76. The van der Waals surface area contributed by atoms with E-state index in [2.05, 4.69) is 16.7 Å². The first-order chi connectivity index (χ1) is 13.0. The number of halogens is 1. The molecule has 27 heavy (non-hydrogen) atoms. The summed E-state index contributed by atoms with van der Waals surface area (Å²) in [6.45, 7) is 0.196. The molecule has 140 valence electrons. The molecule has 0 aliphatic heterocycles. The second kappa shape index (κ2) is 8.29. The number of carbonyl (C=O) groups is 2. The number of hydrogen-bond donors (Lipinski definition) is 3. The highest BCUT2D eigenvalue weighted by atomic mass is 32.1. The van der Waals surface area contributed by atoms with E-state index < -0.39 is 0 Å². The summed E-state index contributed by atoms with van der Waals surface area (Å²) in [6.07, 6.45) is 2.90. The SMILES string of the molecule is C[NH+](CC(=O)Nc1ccc(F)cc1)CC(=O)Nc1sc2c(c1C#N)CCC2. The van der Waals surface area contributed by atoms with Gasteiger partial charge in [0.05, 0.1) is 12.6 Å². The zero-order valence-corrected chi connectivity index (χ0v) is 15.7. The van der Waals surface area contributed by atoms with E-state index in [0.29, 0.717) is 21.2 Å². The number of benzene rings is 1. The lowest BCUT2D eigenvalue weighted by molar-refractivity contribution is -0.862. The third-order valence-electron chi connectivity index (χ3n) is 4.34. The Morgan fingerprint density at radius 1 is 1.19 bits per heavy atom. The van der Waals surface area contributed by atoms with Crippen LogP contribution in [-0.4, -0.2) is 32.0 Å². The van der Waals surface area contributed by atoms with Crippen LogP contribution >= 0.6 is 11.3 Å². The Morgan fingerprint density at radius 3 is 2.52 bits per heavy atom. The van der Waals surface area contributed by atoms with E-state index in [0.717, 1.165) is 24.8 Å². The number of quaternary nitrogens is 1. The molecular weight excluding hydrogens is 367 g/mol. The summed E-state index contributed by atoms with van der Waals surface area (Å²) >= 11 is 1.47.